The highest BCUT2D eigenvalue weighted by Gasteiger charge is 2.00. The van der Waals surface area contributed by atoms with E-state index in [0.717, 1.165) is 17.3 Å². The van der Waals surface area contributed by atoms with Gasteiger partial charge in [-0.2, -0.15) is 0 Å². The second-order valence-electron chi connectivity index (χ2n) is 3.24. The van der Waals surface area contributed by atoms with Crippen LogP contribution in [0.15, 0.2) is 28.8 Å². The van der Waals surface area contributed by atoms with E-state index >= 15 is 0 Å². The quantitative estimate of drug-likeness (QED) is 0.793. The molecule has 0 bridgehead atoms. The summed E-state index contributed by atoms with van der Waals surface area (Å²) in [6.07, 6.45) is 0. The monoisotopic (exact) mass is 204 g/mol. The van der Waals surface area contributed by atoms with Gasteiger partial charge < -0.3 is 15.6 Å². The third-order valence-corrected chi connectivity index (χ3v) is 1.89. The van der Waals surface area contributed by atoms with Crippen molar-refractivity contribution in [3.63, 3.8) is 0 Å². The van der Waals surface area contributed by atoms with Gasteiger partial charge in [-0.3, -0.25) is 0 Å². The van der Waals surface area contributed by atoms with E-state index in [4.69, 9.17) is 10.3 Å². The molecule has 0 aliphatic heterocycles. The molecular weight excluding hydrogens is 192 g/mol. The fourth-order valence-corrected chi connectivity index (χ4v) is 1.23. The average molecular weight is 204 g/mol. The number of nitrogen functional groups attached to an aromatic ring is 1. The Morgan fingerprint density at radius 1 is 1.47 bits per heavy atom. The molecule has 0 radical (unpaired) electrons. The normalized spacial score (nSPS) is 10.2. The first-order valence-corrected chi connectivity index (χ1v) is 4.62. The lowest BCUT2D eigenvalue weighted by Crippen LogP contribution is -2.01. The first-order chi connectivity index (χ1) is 7.24. The van der Waals surface area contributed by atoms with Crippen molar-refractivity contribution in [3.8, 4) is 0 Å². The van der Waals surface area contributed by atoms with E-state index < -0.39 is 0 Å². The molecule has 5 nitrogen and oxygen atoms in total. The van der Waals surface area contributed by atoms with Gasteiger partial charge >= 0.3 is 0 Å². The van der Waals surface area contributed by atoms with Gasteiger partial charge in [0.05, 0.1) is 12.2 Å². The zero-order valence-corrected chi connectivity index (χ0v) is 8.40. The van der Waals surface area contributed by atoms with Crippen molar-refractivity contribution in [1.29, 1.82) is 0 Å². The van der Waals surface area contributed by atoms with E-state index in [1.165, 1.54) is 0 Å². The van der Waals surface area contributed by atoms with Crippen LogP contribution in [0.4, 0.5) is 11.6 Å². The van der Waals surface area contributed by atoms with Crippen molar-refractivity contribution in [3.05, 3.63) is 35.7 Å². The van der Waals surface area contributed by atoms with Gasteiger partial charge in [-0.25, -0.2) is 4.98 Å². The van der Waals surface area contributed by atoms with E-state index in [2.05, 4.69) is 15.5 Å². The molecular formula is C10H12N4O. The molecule has 2 aromatic heterocycles. The van der Waals surface area contributed by atoms with E-state index in [9.17, 15) is 0 Å². The number of aryl methyl sites for hydroxylation is 1. The van der Waals surface area contributed by atoms with Gasteiger partial charge in [0.2, 0.25) is 0 Å². The maximum absolute atomic E-state index is 5.54. The molecule has 78 valence electrons. The summed E-state index contributed by atoms with van der Waals surface area (Å²) in [5.74, 6) is 1.99. The summed E-state index contributed by atoms with van der Waals surface area (Å²) >= 11 is 0. The molecule has 0 spiro atoms. The lowest BCUT2D eigenvalue weighted by molar-refractivity contribution is 0.384. The first-order valence-electron chi connectivity index (χ1n) is 4.62. The van der Waals surface area contributed by atoms with Crippen molar-refractivity contribution in [2.45, 2.75) is 13.5 Å². The van der Waals surface area contributed by atoms with Crippen LogP contribution in [-0.4, -0.2) is 10.1 Å². The minimum Gasteiger partial charge on any atom is -0.384 e. The van der Waals surface area contributed by atoms with Crippen molar-refractivity contribution in [1.82, 2.24) is 10.1 Å². The molecule has 0 amide bonds. The molecule has 0 aliphatic carbocycles. The van der Waals surface area contributed by atoms with E-state index in [1.807, 2.05) is 25.1 Å². The van der Waals surface area contributed by atoms with Crippen LogP contribution >= 0.6 is 0 Å². The molecule has 2 heterocycles. The van der Waals surface area contributed by atoms with Crippen LogP contribution in [0.2, 0.25) is 0 Å². The predicted molar refractivity (Wildman–Crippen MR) is 57.2 cm³/mol. The third kappa shape index (κ3) is 2.46. The number of rotatable bonds is 3. The summed E-state index contributed by atoms with van der Waals surface area (Å²) in [4.78, 5) is 4.10. The summed E-state index contributed by atoms with van der Waals surface area (Å²) in [6, 6.07) is 7.30. The lowest BCUT2D eigenvalue weighted by Gasteiger charge is -2.02. The summed E-state index contributed by atoms with van der Waals surface area (Å²) < 4.78 is 5.04. The summed E-state index contributed by atoms with van der Waals surface area (Å²) in [6.45, 7) is 2.43. The van der Waals surface area contributed by atoms with Crippen molar-refractivity contribution < 1.29 is 4.52 Å². The highest BCUT2D eigenvalue weighted by molar-refractivity contribution is 5.42. The maximum atomic E-state index is 5.54. The van der Waals surface area contributed by atoms with Crippen LogP contribution in [0.5, 0.6) is 0 Å². The number of hydrogen-bond donors (Lipinski definition) is 2. The smallest absolute Gasteiger partial charge is 0.156 e. The Labute approximate surface area is 87.3 Å². The van der Waals surface area contributed by atoms with Crippen molar-refractivity contribution in [2.75, 3.05) is 11.1 Å². The van der Waals surface area contributed by atoms with Crippen molar-refractivity contribution >= 4 is 11.6 Å². The largest absolute Gasteiger partial charge is 0.384 e. The maximum Gasteiger partial charge on any atom is 0.156 e. The standard InChI is InChI=1S/C10H12N4O/c1-7-5-8(15-14-7)6-12-10-4-2-3-9(11)13-10/h2-5H,6H2,1H3,(H3,11,12,13). The van der Waals surface area contributed by atoms with Crippen molar-refractivity contribution in [2.24, 2.45) is 0 Å². The fraction of sp³-hybridized carbons (Fsp3) is 0.200. The van der Waals surface area contributed by atoms with Crippen LogP contribution in [0, 0.1) is 6.92 Å². The van der Waals surface area contributed by atoms with E-state index in [1.54, 1.807) is 6.07 Å². The van der Waals surface area contributed by atoms with Crippen LogP contribution in [-0.2, 0) is 6.54 Å². The number of anilines is 2. The highest BCUT2D eigenvalue weighted by atomic mass is 16.5. The van der Waals surface area contributed by atoms with Crippen LogP contribution in [0.1, 0.15) is 11.5 Å². The molecule has 0 unspecified atom stereocenters. The van der Waals surface area contributed by atoms with Gasteiger partial charge in [-0.1, -0.05) is 11.2 Å². The van der Waals surface area contributed by atoms with Gasteiger partial charge in [-0.15, -0.1) is 0 Å². The zero-order chi connectivity index (χ0) is 10.7. The summed E-state index contributed by atoms with van der Waals surface area (Å²) in [7, 11) is 0. The molecule has 0 atom stereocenters. The topological polar surface area (TPSA) is 77.0 Å². The first kappa shape index (κ1) is 9.51. The molecule has 0 aromatic carbocycles. The number of nitrogens with two attached hydrogens (primary N) is 1. The van der Waals surface area contributed by atoms with Gasteiger partial charge in [0.15, 0.2) is 5.76 Å². The van der Waals surface area contributed by atoms with Crippen LogP contribution < -0.4 is 11.1 Å². The Morgan fingerprint density at radius 3 is 3.00 bits per heavy atom. The number of hydrogen-bond acceptors (Lipinski definition) is 5. The SMILES string of the molecule is Cc1cc(CNc2cccc(N)n2)on1. The summed E-state index contributed by atoms with van der Waals surface area (Å²) in [5, 5.41) is 6.88. The van der Waals surface area contributed by atoms with E-state index in [-0.39, 0.29) is 0 Å². The minimum atomic E-state index is 0.494. The molecule has 15 heavy (non-hydrogen) atoms. The number of nitrogens with zero attached hydrogens (tertiary/aromatic N) is 2. The average Bonchev–Trinajstić information content (AvgIpc) is 2.62. The molecule has 0 aliphatic rings. The Morgan fingerprint density at radius 2 is 2.33 bits per heavy atom. The molecule has 0 saturated carbocycles. The third-order valence-electron chi connectivity index (χ3n) is 1.89. The van der Waals surface area contributed by atoms with Gasteiger partial charge in [0.25, 0.3) is 0 Å². The molecule has 5 heteroatoms. The molecule has 2 rings (SSSR count). The molecule has 0 saturated heterocycles. The lowest BCUT2D eigenvalue weighted by atomic mass is 10.4. The predicted octanol–water partition coefficient (Wildman–Crippen LogP) is 1.57. The van der Waals surface area contributed by atoms with E-state index in [0.29, 0.717) is 12.4 Å². The minimum absolute atomic E-state index is 0.494. The number of pyridine rings is 1. The molecule has 0 fully saturated rings. The number of aromatic nitrogens is 2. The van der Waals surface area contributed by atoms with Gasteiger partial charge in [0, 0.05) is 6.07 Å². The van der Waals surface area contributed by atoms with Crippen LogP contribution in [0.25, 0.3) is 0 Å². The zero-order valence-electron chi connectivity index (χ0n) is 8.40. The Balaban J connectivity index is 1.99. The summed E-state index contributed by atoms with van der Waals surface area (Å²) in [5.41, 5.74) is 6.41. The van der Waals surface area contributed by atoms with Gasteiger partial charge in [0.1, 0.15) is 11.6 Å². The molecule has 3 N–H and O–H groups in total. The Kier molecular flexibility index (Phi) is 2.53. The highest BCUT2D eigenvalue weighted by Crippen LogP contribution is 2.08. The number of nitrogens with one attached hydrogen (secondary N) is 1. The Bertz CT molecular complexity index is 452. The second kappa shape index (κ2) is 4.00. The second-order valence-corrected chi connectivity index (χ2v) is 3.24. The van der Waals surface area contributed by atoms with Gasteiger partial charge in [-0.05, 0) is 19.1 Å². The Hall–Kier alpha value is -2.04. The molecule has 2 aromatic rings. The van der Waals surface area contributed by atoms with Crippen LogP contribution in [0.3, 0.4) is 0 Å². The fourth-order valence-electron chi connectivity index (χ4n) is 1.23.